The van der Waals surface area contributed by atoms with E-state index in [1.807, 2.05) is 6.07 Å². The van der Waals surface area contributed by atoms with Crippen LogP contribution in [0.3, 0.4) is 0 Å². The molecule has 3 atom stereocenters. The fraction of sp³-hybridized carbons (Fsp3) is 0.625. The second kappa shape index (κ2) is 6.49. The third-order valence-corrected chi connectivity index (χ3v) is 4.18. The van der Waals surface area contributed by atoms with Crippen molar-refractivity contribution in [1.82, 2.24) is 10.2 Å². The van der Waals surface area contributed by atoms with Crippen molar-refractivity contribution in [2.75, 3.05) is 20.1 Å². The van der Waals surface area contributed by atoms with Gasteiger partial charge in [-0.05, 0) is 50.0 Å². The molecule has 1 aromatic carbocycles. The highest BCUT2D eigenvalue weighted by Crippen LogP contribution is 2.23. The fourth-order valence-corrected chi connectivity index (χ4v) is 3.03. The van der Waals surface area contributed by atoms with Gasteiger partial charge in [0.1, 0.15) is 5.82 Å². The molecule has 1 heterocycles. The minimum absolute atomic E-state index is 0.144. The van der Waals surface area contributed by atoms with Gasteiger partial charge in [0, 0.05) is 18.6 Å². The highest BCUT2D eigenvalue weighted by Gasteiger charge is 2.26. The molecule has 0 aliphatic carbocycles. The van der Waals surface area contributed by atoms with Crippen LogP contribution in [0.5, 0.6) is 0 Å². The van der Waals surface area contributed by atoms with Crippen LogP contribution < -0.4 is 5.32 Å². The summed E-state index contributed by atoms with van der Waals surface area (Å²) in [5, 5.41) is 3.73. The number of nitrogens with zero attached hydrogens (tertiary/aromatic N) is 1. The standard InChI is InChI=1S/C16H25FN2/c1-4-15(13-6-5-7-14(17)10-13)18-16-8-9-19(3)11-12(16)2/h5-7,10,12,15-16,18H,4,8-9,11H2,1-3H3. The van der Waals surface area contributed by atoms with E-state index in [1.54, 1.807) is 12.1 Å². The summed E-state index contributed by atoms with van der Waals surface area (Å²) in [5.41, 5.74) is 1.06. The van der Waals surface area contributed by atoms with Crippen molar-refractivity contribution >= 4 is 0 Å². The number of hydrogen-bond acceptors (Lipinski definition) is 2. The molecule has 0 radical (unpaired) electrons. The molecule has 0 spiro atoms. The predicted octanol–water partition coefficient (Wildman–Crippen LogP) is 3.21. The second-order valence-corrected chi connectivity index (χ2v) is 5.82. The zero-order chi connectivity index (χ0) is 13.8. The number of rotatable bonds is 4. The lowest BCUT2D eigenvalue weighted by atomic mass is 9.92. The fourth-order valence-electron chi connectivity index (χ4n) is 3.03. The summed E-state index contributed by atoms with van der Waals surface area (Å²) in [7, 11) is 2.18. The van der Waals surface area contributed by atoms with Crippen LogP contribution in [-0.2, 0) is 0 Å². The van der Waals surface area contributed by atoms with Crippen molar-refractivity contribution in [3.8, 4) is 0 Å². The third-order valence-electron chi connectivity index (χ3n) is 4.18. The van der Waals surface area contributed by atoms with Gasteiger partial charge in [0.25, 0.3) is 0 Å². The van der Waals surface area contributed by atoms with E-state index in [1.165, 1.54) is 12.5 Å². The van der Waals surface area contributed by atoms with Crippen LogP contribution in [0.15, 0.2) is 24.3 Å². The lowest BCUT2D eigenvalue weighted by Gasteiger charge is -2.37. The molecule has 1 aliphatic rings. The first-order valence-corrected chi connectivity index (χ1v) is 7.30. The summed E-state index contributed by atoms with van der Waals surface area (Å²) < 4.78 is 13.3. The Morgan fingerprint density at radius 1 is 1.47 bits per heavy atom. The highest BCUT2D eigenvalue weighted by molar-refractivity contribution is 5.20. The Labute approximate surface area is 116 Å². The van der Waals surface area contributed by atoms with Crippen LogP contribution >= 0.6 is 0 Å². The monoisotopic (exact) mass is 264 g/mol. The molecule has 0 amide bonds. The largest absolute Gasteiger partial charge is 0.307 e. The maximum Gasteiger partial charge on any atom is 0.123 e. The van der Waals surface area contributed by atoms with Crippen molar-refractivity contribution in [2.45, 2.75) is 38.8 Å². The van der Waals surface area contributed by atoms with E-state index in [0.29, 0.717) is 12.0 Å². The first-order valence-electron chi connectivity index (χ1n) is 7.30. The number of benzene rings is 1. The van der Waals surface area contributed by atoms with Crippen LogP contribution in [0.1, 0.15) is 38.3 Å². The maximum absolute atomic E-state index is 13.3. The quantitative estimate of drug-likeness (QED) is 0.898. The van der Waals surface area contributed by atoms with Gasteiger partial charge in [0.05, 0.1) is 0 Å². The molecule has 1 N–H and O–H groups in total. The summed E-state index contributed by atoms with van der Waals surface area (Å²) in [6, 6.07) is 7.77. The SMILES string of the molecule is CCC(NC1CCN(C)CC1C)c1cccc(F)c1. The van der Waals surface area contributed by atoms with Gasteiger partial charge in [-0.2, -0.15) is 0 Å². The van der Waals surface area contributed by atoms with Gasteiger partial charge in [-0.3, -0.25) is 0 Å². The Hall–Kier alpha value is -0.930. The van der Waals surface area contributed by atoms with Crippen molar-refractivity contribution < 1.29 is 4.39 Å². The molecule has 0 bridgehead atoms. The summed E-state index contributed by atoms with van der Waals surface area (Å²) >= 11 is 0. The van der Waals surface area contributed by atoms with E-state index in [2.05, 4.69) is 31.1 Å². The number of hydrogen-bond donors (Lipinski definition) is 1. The van der Waals surface area contributed by atoms with Crippen molar-refractivity contribution in [1.29, 1.82) is 0 Å². The van der Waals surface area contributed by atoms with Crippen molar-refractivity contribution in [3.05, 3.63) is 35.6 Å². The molecule has 1 aliphatic heterocycles. The van der Waals surface area contributed by atoms with E-state index >= 15 is 0 Å². The minimum Gasteiger partial charge on any atom is -0.307 e. The van der Waals surface area contributed by atoms with E-state index in [-0.39, 0.29) is 11.9 Å². The van der Waals surface area contributed by atoms with Crippen LogP contribution in [0.4, 0.5) is 4.39 Å². The molecule has 0 aromatic heterocycles. The van der Waals surface area contributed by atoms with Gasteiger partial charge in [-0.15, -0.1) is 0 Å². The van der Waals surface area contributed by atoms with Crippen molar-refractivity contribution in [3.63, 3.8) is 0 Å². The van der Waals surface area contributed by atoms with Crippen LogP contribution in [0, 0.1) is 11.7 Å². The van der Waals surface area contributed by atoms with E-state index in [9.17, 15) is 4.39 Å². The van der Waals surface area contributed by atoms with Crippen LogP contribution in [-0.4, -0.2) is 31.1 Å². The zero-order valence-electron chi connectivity index (χ0n) is 12.2. The van der Waals surface area contributed by atoms with E-state index in [4.69, 9.17) is 0 Å². The predicted molar refractivity (Wildman–Crippen MR) is 77.6 cm³/mol. The Morgan fingerprint density at radius 3 is 2.89 bits per heavy atom. The summed E-state index contributed by atoms with van der Waals surface area (Å²) in [6.45, 7) is 6.73. The van der Waals surface area contributed by atoms with Gasteiger partial charge in [0.15, 0.2) is 0 Å². The minimum atomic E-state index is -0.144. The highest BCUT2D eigenvalue weighted by atomic mass is 19.1. The van der Waals surface area contributed by atoms with E-state index in [0.717, 1.165) is 25.1 Å². The average molecular weight is 264 g/mol. The number of halogens is 1. The van der Waals surface area contributed by atoms with Gasteiger partial charge < -0.3 is 10.2 Å². The topological polar surface area (TPSA) is 15.3 Å². The third kappa shape index (κ3) is 3.77. The van der Waals surface area contributed by atoms with Crippen LogP contribution in [0.2, 0.25) is 0 Å². The molecule has 3 heteroatoms. The average Bonchev–Trinajstić information content (AvgIpc) is 2.38. The smallest absolute Gasteiger partial charge is 0.123 e. The molecule has 2 nitrogen and oxygen atoms in total. The van der Waals surface area contributed by atoms with Crippen molar-refractivity contribution in [2.24, 2.45) is 5.92 Å². The first-order chi connectivity index (χ1) is 9.10. The number of likely N-dealkylation sites (tertiary alicyclic amines) is 1. The van der Waals surface area contributed by atoms with Gasteiger partial charge in [-0.25, -0.2) is 4.39 Å². The Kier molecular flexibility index (Phi) is 4.94. The van der Waals surface area contributed by atoms with Crippen LogP contribution in [0.25, 0.3) is 0 Å². The Balaban J connectivity index is 2.03. The lowest BCUT2D eigenvalue weighted by molar-refractivity contribution is 0.165. The van der Waals surface area contributed by atoms with Gasteiger partial charge >= 0.3 is 0 Å². The maximum atomic E-state index is 13.3. The summed E-state index contributed by atoms with van der Waals surface area (Å²) in [4.78, 5) is 2.38. The lowest BCUT2D eigenvalue weighted by Crippen LogP contribution is -2.47. The molecule has 3 unspecified atom stereocenters. The number of piperidine rings is 1. The Bertz CT molecular complexity index is 407. The Morgan fingerprint density at radius 2 is 2.26 bits per heavy atom. The molecule has 1 aromatic rings. The molecule has 19 heavy (non-hydrogen) atoms. The first kappa shape index (κ1) is 14.5. The molecule has 106 valence electrons. The molecule has 2 rings (SSSR count). The zero-order valence-corrected chi connectivity index (χ0v) is 12.2. The summed E-state index contributed by atoms with van der Waals surface area (Å²) in [6.07, 6.45) is 2.16. The molecule has 1 fully saturated rings. The second-order valence-electron chi connectivity index (χ2n) is 5.82. The van der Waals surface area contributed by atoms with E-state index < -0.39 is 0 Å². The van der Waals surface area contributed by atoms with Gasteiger partial charge in [0.2, 0.25) is 0 Å². The molecular formula is C16H25FN2. The molecule has 0 saturated carbocycles. The summed E-state index contributed by atoms with van der Waals surface area (Å²) in [5.74, 6) is 0.496. The number of nitrogens with one attached hydrogen (secondary N) is 1. The normalized spacial score (nSPS) is 26.3. The van der Waals surface area contributed by atoms with Gasteiger partial charge in [-0.1, -0.05) is 26.0 Å². The molecular weight excluding hydrogens is 239 g/mol. The molecule has 1 saturated heterocycles.